The normalized spacial score (nSPS) is 16.5. The minimum Gasteiger partial charge on any atom is -0.378 e. The molecule has 26 heavy (non-hydrogen) atoms. The first kappa shape index (κ1) is 18.7. The molecule has 0 saturated carbocycles. The zero-order chi connectivity index (χ0) is 18.5. The second-order valence-electron chi connectivity index (χ2n) is 6.75. The SMILES string of the molecule is CN(C)c1ccc(CN(C[C@H]2CCCO2)C(=O)c2ccc(Cl)nc2)cc1. The van der Waals surface area contributed by atoms with Crippen LogP contribution in [0.4, 0.5) is 5.69 Å². The molecule has 0 spiro atoms. The lowest BCUT2D eigenvalue weighted by molar-refractivity contribution is 0.0507. The molecule has 0 aliphatic carbocycles. The van der Waals surface area contributed by atoms with Gasteiger partial charge in [0.15, 0.2) is 0 Å². The summed E-state index contributed by atoms with van der Waals surface area (Å²) in [5.74, 6) is -0.0543. The van der Waals surface area contributed by atoms with Crippen molar-refractivity contribution >= 4 is 23.2 Å². The van der Waals surface area contributed by atoms with Crippen LogP contribution in [0, 0.1) is 0 Å². The highest BCUT2D eigenvalue weighted by atomic mass is 35.5. The Morgan fingerprint density at radius 2 is 2.00 bits per heavy atom. The summed E-state index contributed by atoms with van der Waals surface area (Å²) in [4.78, 5) is 20.9. The summed E-state index contributed by atoms with van der Waals surface area (Å²) in [6, 6.07) is 11.6. The number of pyridine rings is 1. The molecule has 0 bridgehead atoms. The Kier molecular flexibility index (Phi) is 6.12. The summed E-state index contributed by atoms with van der Waals surface area (Å²) >= 11 is 5.84. The molecular formula is C20H24ClN3O2. The van der Waals surface area contributed by atoms with Crippen LogP contribution < -0.4 is 4.90 Å². The average molecular weight is 374 g/mol. The van der Waals surface area contributed by atoms with Gasteiger partial charge in [0.05, 0.1) is 11.7 Å². The molecule has 3 rings (SSSR count). The summed E-state index contributed by atoms with van der Waals surface area (Å²) in [6.45, 7) is 1.89. The van der Waals surface area contributed by atoms with Crippen LogP contribution in [0.3, 0.4) is 0 Å². The molecule has 1 saturated heterocycles. The molecule has 138 valence electrons. The zero-order valence-corrected chi connectivity index (χ0v) is 15.9. The number of benzene rings is 1. The fraction of sp³-hybridized carbons (Fsp3) is 0.400. The highest BCUT2D eigenvalue weighted by Crippen LogP contribution is 2.19. The Labute approximate surface area is 159 Å². The van der Waals surface area contributed by atoms with E-state index in [-0.39, 0.29) is 12.0 Å². The van der Waals surface area contributed by atoms with Gasteiger partial charge < -0.3 is 14.5 Å². The second-order valence-corrected chi connectivity index (χ2v) is 7.14. The highest BCUT2D eigenvalue weighted by Gasteiger charge is 2.24. The molecule has 1 aliphatic heterocycles. The number of rotatable bonds is 6. The van der Waals surface area contributed by atoms with Gasteiger partial charge in [0.25, 0.3) is 5.91 Å². The van der Waals surface area contributed by atoms with Crippen LogP contribution in [-0.4, -0.2) is 49.1 Å². The van der Waals surface area contributed by atoms with Crippen molar-refractivity contribution in [3.8, 4) is 0 Å². The molecule has 0 N–H and O–H groups in total. The van der Waals surface area contributed by atoms with Crippen LogP contribution in [0.15, 0.2) is 42.6 Å². The molecule has 2 heterocycles. The van der Waals surface area contributed by atoms with E-state index in [2.05, 4.69) is 34.1 Å². The lowest BCUT2D eigenvalue weighted by Crippen LogP contribution is -2.37. The van der Waals surface area contributed by atoms with Gasteiger partial charge in [-0.1, -0.05) is 23.7 Å². The topological polar surface area (TPSA) is 45.7 Å². The Morgan fingerprint density at radius 1 is 1.23 bits per heavy atom. The monoisotopic (exact) mass is 373 g/mol. The van der Waals surface area contributed by atoms with E-state index in [0.717, 1.165) is 30.7 Å². The maximum atomic E-state index is 13.0. The maximum absolute atomic E-state index is 13.0. The molecule has 1 fully saturated rings. The minimum atomic E-state index is -0.0543. The smallest absolute Gasteiger partial charge is 0.255 e. The number of anilines is 1. The van der Waals surface area contributed by atoms with Crippen LogP contribution in [0.5, 0.6) is 0 Å². The lowest BCUT2D eigenvalue weighted by atomic mass is 10.1. The molecule has 0 unspecified atom stereocenters. The summed E-state index contributed by atoms with van der Waals surface area (Å²) in [5, 5.41) is 0.381. The summed E-state index contributed by atoms with van der Waals surface area (Å²) in [7, 11) is 4.02. The first-order valence-corrected chi connectivity index (χ1v) is 9.19. The molecule has 2 aromatic rings. The van der Waals surface area contributed by atoms with Gasteiger partial charge in [0, 0.05) is 45.7 Å². The first-order valence-electron chi connectivity index (χ1n) is 8.81. The maximum Gasteiger partial charge on any atom is 0.255 e. The molecule has 0 radical (unpaired) electrons. The van der Waals surface area contributed by atoms with Crippen molar-refractivity contribution in [1.29, 1.82) is 0 Å². The number of halogens is 1. The van der Waals surface area contributed by atoms with Gasteiger partial charge in [0.2, 0.25) is 0 Å². The highest BCUT2D eigenvalue weighted by molar-refractivity contribution is 6.29. The van der Waals surface area contributed by atoms with Gasteiger partial charge in [-0.2, -0.15) is 0 Å². The van der Waals surface area contributed by atoms with Crippen molar-refractivity contribution in [2.24, 2.45) is 0 Å². The quantitative estimate of drug-likeness (QED) is 0.725. The number of amides is 1. The van der Waals surface area contributed by atoms with Crippen LogP contribution in [0.25, 0.3) is 0 Å². The van der Waals surface area contributed by atoms with E-state index in [1.54, 1.807) is 12.1 Å². The van der Waals surface area contributed by atoms with Crippen LogP contribution >= 0.6 is 11.6 Å². The Hall–Kier alpha value is -2.11. The second kappa shape index (κ2) is 8.52. The predicted molar refractivity (Wildman–Crippen MR) is 104 cm³/mol. The number of hydrogen-bond acceptors (Lipinski definition) is 4. The van der Waals surface area contributed by atoms with E-state index in [1.165, 1.54) is 6.20 Å². The number of ether oxygens (including phenoxy) is 1. The van der Waals surface area contributed by atoms with Crippen molar-refractivity contribution in [2.75, 3.05) is 32.1 Å². The number of nitrogens with zero attached hydrogens (tertiary/aromatic N) is 3. The van der Waals surface area contributed by atoms with Crippen molar-refractivity contribution in [1.82, 2.24) is 9.88 Å². The average Bonchev–Trinajstić information content (AvgIpc) is 3.15. The molecule has 1 aromatic heterocycles. The lowest BCUT2D eigenvalue weighted by Gasteiger charge is -2.26. The Morgan fingerprint density at radius 3 is 2.58 bits per heavy atom. The summed E-state index contributed by atoms with van der Waals surface area (Å²) in [5.41, 5.74) is 2.76. The van der Waals surface area contributed by atoms with Gasteiger partial charge in [-0.15, -0.1) is 0 Å². The number of hydrogen-bond donors (Lipinski definition) is 0. The minimum absolute atomic E-state index is 0.0543. The standard InChI is InChI=1S/C20H24ClN3O2/c1-23(2)17-8-5-15(6-9-17)13-24(14-18-4-3-11-26-18)20(25)16-7-10-19(21)22-12-16/h5-10,12,18H,3-4,11,13-14H2,1-2H3/t18-/m1/s1. The number of aromatic nitrogens is 1. The van der Waals surface area contributed by atoms with Crippen LogP contribution in [0.1, 0.15) is 28.8 Å². The van der Waals surface area contributed by atoms with Gasteiger partial charge in [-0.3, -0.25) is 4.79 Å². The first-order chi connectivity index (χ1) is 12.5. The predicted octanol–water partition coefficient (Wildman–Crippen LogP) is 3.62. The van der Waals surface area contributed by atoms with Gasteiger partial charge in [-0.05, 0) is 42.7 Å². The van der Waals surface area contributed by atoms with E-state index in [4.69, 9.17) is 16.3 Å². The third kappa shape index (κ3) is 4.74. The molecule has 5 nitrogen and oxygen atoms in total. The molecule has 1 amide bonds. The molecular weight excluding hydrogens is 350 g/mol. The van der Waals surface area contributed by atoms with Crippen molar-refractivity contribution in [2.45, 2.75) is 25.5 Å². The summed E-state index contributed by atoms with van der Waals surface area (Å²) < 4.78 is 5.74. The third-order valence-corrected chi connectivity index (χ3v) is 4.76. The molecule has 6 heteroatoms. The molecule has 1 aliphatic rings. The number of carbonyl (C=O) groups is 1. The number of carbonyl (C=O) groups excluding carboxylic acids is 1. The molecule has 1 atom stereocenters. The fourth-order valence-electron chi connectivity index (χ4n) is 3.06. The van der Waals surface area contributed by atoms with E-state index < -0.39 is 0 Å². The molecule has 1 aromatic carbocycles. The van der Waals surface area contributed by atoms with Crippen molar-refractivity contribution in [3.63, 3.8) is 0 Å². The fourth-order valence-corrected chi connectivity index (χ4v) is 3.17. The van der Waals surface area contributed by atoms with Gasteiger partial charge in [0.1, 0.15) is 5.15 Å². The zero-order valence-electron chi connectivity index (χ0n) is 15.2. The van der Waals surface area contributed by atoms with Crippen LogP contribution in [-0.2, 0) is 11.3 Å². The Bertz CT molecular complexity index is 726. The van der Waals surface area contributed by atoms with Crippen molar-refractivity contribution < 1.29 is 9.53 Å². The van der Waals surface area contributed by atoms with Crippen LogP contribution in [0.2, 0.25) is 5.15 Å². The summed E-state index contributed by atoms with van der Waals surface area (Å²) in [6.07, 6.45) is 3.66. The van der Waals surface area contributed by atoms with E-state index >= 15 is 0 Å². The van der Waals surface area contributed by atoms with E-state index in [1.807, 2.05) is 19.0 Å². The van der Waals surface area contributed by atoms with E-state index in [9.17, 15) is 4.79 Å². The van der Waals surface area contributed by atoms with Crippen molar-refractivity contribution in [3.05, 3.63) is 58.9 Å². The van der Waals surface area contributed by atoms with Gasteiger partial charge in [-0.25, -0.2) is 4.98 Å². The Balaban J connectivity index is 1.77. The largest absolute Gasteiger partial charge is 0.378 e. The third-order valence-electron chi connectivity index (χ3n) is 4.54. The van der Waals surface area contributed by atoms with E-state index in [0.29, 0.717) is 23.8 Å². The van der Waals surface area contributed by atoms with Gasteiger partial charge >= 0.3 is 0 Å².